The van der Waals surface area contributed by atoms with Crippen molar-refractivity contribution in [1.82, 2.24) is 10.2 Å². The van der Waals surface area contributed by atoms with Gasteiger partial charge in [0.2, 0.25) is 0 Å². The number of carbonyl (C=O) groups excluding carboxylic acids is 1. The lowest BCUT2D eigenvalue weighted by molar-refractivity contribution is 0.206. The number of carbonyl (C=O) groups is 1. The van der Waals surface area contributed by atoms with Crippen LogP contribution in [0.15, 0.2) is 42.5 Å². The summed E-state index contributed by atoms with van der Waals surface area (Å²) in [4.78, 5) is 13.5. The zero-order chi connectivity index (χ0) is 16.8. The van der Waals surface area contributed by atoms with E-state index in [9.17, 15) is 13.6 Å². The summed E-state index contributed by atoms with van der Waals surface area (Å²) in [7, 11) is 3.19. The highest BCUT2D eigenvalue weighted by Gasteiger charge is 2.11. The molecule has 23 heavy (non-hydrogen) atoms. The fourth-order valence-corrected chi connectivity index (χ4v) is 2.10. The van der Waals surface area contributed by atoms with E-state index in [0.29, 0.717) is 12.3 Å². The van der Waals surface area contributed by atoms with Gasteiger partial charge in [0.15, 0.2) is 0 Å². The molecule has 2 rings (SSSR count). The van der Waals surface area contributed by atoms with Crippen molar-refractivity contribution in [3.05, 3.63) is 65.2 Å². The van der Waals surface area contributed by atoms with Crippen LogP contribution in [0.2, 0.25) is 0 Å². The van der Waals surface area contributed by atoms with E-state index in [2.05, 4.69) is 5.32 Å². The average Bonchev–Trinajstić information content (AvgIpc) is 2.55. The van der Waals surface area contributed by atoms with Gasteiger partial charge < -0.3 is 15.0 Å². The summed E-state index contributed by atoms with van der Waals surface area (Å²) in [6.07, 6.45) is 0. The van der Waals surface area contributed by atoms with Gasteiger partial charge in [0.05, 0.1) is 7.11 Å². The van der Waals surface area contributed by atoms with E-state index in [1.165, 1.54) is 4.90 Å². The topological polar surface area (TPSA) is 41.6 Å². The number of halogens is 2. The summed E-state index contributed by atoms with van der Waals surface area (Å²) in [5.74, 6) is -0.388. The van der Waals surface area contributed by atoms with Crippen molar-refractivity contribution in [3.8, 4) is 5.75 Å². The first-order chi connectivity index (χ1) is 11.0. The van der Waals surface area contributed by atoms with Crippen LogP contribution < -0.4 is 10.1 Å². The van der Waals surface area contributed by atoms with Gasteiger partial charge in [-0.25, -0.2) is 13.6 Å². The molecule has 0 bridgehead atoms. The van der Waals surface area contributed by atoms with Gasteiger partial charge in [-0.3, -0.25) is 0 Å². The Morgan fingerprint density at radius 2 is 2.00 bits per heavy atom. The molecule has 0 saturated heterocycles. The standard InChI is InChI=1S/C17H18F2N2O2/c1-21(11-12-4-3-5-15(8-12)23-2)17(22)20-10-13-9-14(18)6-7-16(13)19/h3-9H,10-11H2,1-2H3,(H,20,22). The number of methoxy groups -OCH3 is 1. The van der Waals surface area contributed by atoms with Crippen molar-refractivity contribution < 1.29 is 18.3 Å². The highest BCUT2D eigenvalue weighted by molar-refractivity contribution is 5.73. The maximum atomic E-state index is 13.5. The normalized spacial score (nSPS) is 10.3. The quantitative estimate of drug-likeness (QED) is 0.918. The lowest BCUT2D eigenvalue weighted by Gasteiger charge is -2.18. The molecule has 0 unspecified atom stereocenters. The van der Waals surface area contributed by atoms with Gasteiger partial charge in [0.1, 0.15) is 17.4 Å². The lowest BCUT2D eigenvalue weighted by Crippen LogP contribution is -2.36. The van der Waals surface area contributed by atoms with Crippen molar-refractivity contribution in [2.75, 3.05) is 14.2 Å². The molecule has 0 saturated carbocycles. The number of hydrogen-bond donors (Lipinski definition) is 1. The number of benzene rings is 2. The molecule has 2 amide bonds. The van der Waals surface area contributed by atoms with Crippen molar-refractivity contribution in [2.45, 2.75) is 13.1 Å². The number of nitrogens with one attached hydrogen (secondary N) is 1. The lowest BCUT2D eigenvalue weighted by atomic mass is 10.2. The monoisotopic (exact) mass is 320 g/mol. The fourth-order valence-electron chi connectivity index (χ4n) is 2.10. The molecule has 0 aliphatic rings. The molecule has 122 valence electrons. The van der Waals surface area contributed by atoms with Crippen molar-refractivity contribution in [1.29, 1.82) is 0 Å². The number of ether oxygens (including phenoxy) is 1. The van der Waals surface area contributed by atoms with Crippen LogP contribution in [0.4, 0.5) is 13.6 Å². The average molecular weight is 320 g/mol. The van der Waals surface area contributed by atoms with Crippen molar-refractivity contribution >= 4 is 6.03 Å². The Hall–Kier alpha value is -2.63. The molecule has 0 aliphatic carbocycles. The maximum absolute atomic E-state index is 13.5. The van der Waals surface area contributed by atoms with Crippen molar-refractivity contribution in [2.24, 2.45) is 0 Å². The Kier molecular flexibility index (Phi) is 5.51. The zero-order valence-corrected chi connectivity index (χ0v) is 13.0. The fraction of sp³-hybridized carbons (Fsp3) is 0.235. The number of amides is 2. The van der Waals surface area contributed by atoms with Gasteiger partial charge in [-0.05, 0) is 35.9 Å². The SMILES string of the molecule is COc1cccc(CN(C)C(=O)NCc2cc(F)ccc2F)c1. The smallest absolute Gasteiger partial charge is 0.317 e. The molecule has 0 spiro atoms. The van der Waals surface area contributed by atoms with E-state index >= 15 is 0 Å². The summed E-state index contributed by atoms with van der Waals surface area (Å²) in [5.41, 5.74) is 1.01. The molecule has 0 aliphatic heterocycles. The summed E-state index contributed by atoms with van der Waals surface area (Å²) in [5, 5.41) is 2.56. The van der Waals surface area contributed by atoms with E-state index in [1.54, 1.807) is 14.2 Å². The minimum Gasteiger partial charge on any atom is -0.497 e. The summed E-state index contributed by atoms with van der Waals surface area (Å²) < 4.78 is 31.7. The van der Waals surface area contributed by atoms with Crippen LogP contribution in [0.3, 0.4) is 0 Å². The largest absolute Gasteiger partial charge is 0.497 e. The summed E-state index contributed by atoms with van der Waals surface area (Å²) >= 11 is 0. The Labute approximate surface area is 133 Å². The second-order valence-electron chi connectivity index (χ2n) is 5.10. The van der Waals surface area contributed by atoms with Crippen LogP contribution in [0, 0.1) is 11.6 Å². The van der Waals surface area contributed by atoms with Crippen LogP contribution in [-0.4, -0.2) is 25.1 Å². The van der Waals surface area contributed by atoms with Crippen molar-refractivity contribution in [3.63, 3.8) is 0 Å². The molecule has 2 aromatic carbocycles. The predicted octanol–water partition coefficient (Wildman–Crippen LogP) is 3.32. The Bertz CT molecular complexity index is 692. The first-order valence-electron chi connectivity index (χ1n) is 7.05. The first-order valence-corrected chi connectivity index (χ1v) is 7.05. The van der Waals surface area contributed by atoms with Crippen LogP contribution in [0.1, 0.15) is 11.1 Å². The highest BCUT2D eigenvalue weighted by Crippen LogP contribution is 2.14. The molecule has 1 N–H and O–H groups in total. The van der Waals surface area contributed by atoms with Gasteiger partial charge in [0, 0.05) is 25.7 Å². The van der Waals surface area contributed by atoms with E-state index in [0.717, 1.165) is 23.8 Å². The Morgan fingerprint density at radius 3 is 2.74 bits per heavy atom. The number of nitrogens with zero attached hydrogens (tertiary/aromatic N) is 1. The third-order valence-electron chi connectivity index (χ3n) is 3.34. The first kappa shape index (κ1) is 16.7. The highest BCUT2D eigenvalue weighted by atomic mass is 19.1. The van der Waals surface area contributed by atoms with E-state index in [4.69, 9.17) is 4.74 Å². The molecule has 2 aromatic rings. The molecule has 6 heteroatoms. The number of urea groups is 1. The Morgan fingerprint density at radius 1 is 1.22 bits per heavy atom. The van der Waals surface area contributed by atoms with Gasteiger partial charge in [-0.2, -0.15) is 0 Å². The molecule has 0 fully saturated rings. The van der Waals surface area contributed by atoms with E-state index in [1.807, 2.05) is 24.3 Å². The van der Waals surface area contributed by atoms with Gasteiger partial charge >= 0.3 is 6.03 Å². The van der Waals surface area contributed by atoms with Crippen LogP contribution >= 0.6 is 0 Å². The number of hydrogen-bond acceptors (Lipinski definition) is 2. The minimum absolute atomic E-state index is 0.0785. The molecule has 0 radical (unpaired) electrons. The van der Waals surface area contributed by atoms with Gasteiger partial charge in [0.25, 0.3) is 0 Å². The van der Waals surface area contributed by atoms with Crippen LogP contribution in [0.5, 0.6) is 5.75 Å². The zero-order valence-electron chi connectivity index (χ0n) is 13.0. The molecule has 0 heterocycles. The van der Waals surface area contributed by atoms with E-state index < -0.39 is 11.6 Å². The summed E-state index contributed by atoms with van der Waals surface area (Å²) in [6, 6.07) is 10.1. The second-order valence-corrected chi connectivity index (χ2v) is 5.10. The predicted molar refractivity (Wildman–Crippen MR) is 83.1 cm³/mol. The maximum Gasteiger partial charge on any atom is 0.317 e. The molecule has 4 nitrogen and oxygen atoms in total. The number of rotatable bonds is 5. The minimum atomic E-state index is -0.554. The van der Waals surface area contributed by atoms with Gasteiger partial charge in [-0.15, -0.1) is 0 Å². The van der Waals surface area contributed by atoms with Crippen LogP contribution in [0.25, 0.3) is 0 Å². The molecule has 0 atom stereocenters. The third-order valence-corrected chi connectivity index (χ3v) is 3.34. The Balaban J connectivity index is 1.93. The molecular weight excluding hydrogens is 302 g/mol. The molecule has 0 aromatic heterocycles. The van der Waals surface area contributed by atoms with Crippen LogP contribution in [-0.2, 0) is 13.1 Å². The summed E-state index contributed by atoms with van der Waals surface area (Å²) in [6.45, 7) is 0.291. The van der Waals surface area contributed by atoms with E-state index in [-0.39, 0.29) is 18.1 Å². The molecular formula is C17H18F2N2O2. The van der Waals surface area contributed by atoms with Gasteiger partial charge in [-0.1, -0.05) is 12.1 Å². The third kappa shape index (κ3) is 4.67. The second kappa shape index (κ2) is 7.58.